The number of aromatic amines is 1. The second kappa shape index (κ2) is 20.7. The third kappa shape index (κ3) is 10.1. The Morgan fingerprint density at radius 3 is 2.47 bits per heavy atom. The van der Waals surface area contributed by atoms with Gasteiger partial charge in [-0.15, -0.1) is 5.10 Å². The van der Waals surface area contributed by atoms with Gasteiger partial charge in [-0.1, -0.05) is 16.6 Å². The standard InChI is InChI=1S/C54H48FN15O7S/c55-39-3-1-18-57-42(39)27-59-49-48-51(61-29-60-49)78-47(65-48)15-21-56-20-14-45-63-40-11-5-31(24-41(40)64-45)62-46(73)13-17-53(67-68-53)16-12-32-28-70(69-66-32)22-2-19-58-50(74)30-4-8-35-38(23-30)54(77-52(35)75)36-9-6-33(71)25-43(36)76-44-26-34(72)7-10-37(44)54/h1,3-11,18,23-26,28-29,56,71-72H,2,12-17,19-22,27H2,(H,58,74)(H,62,73)(H,63,64)(H,59,60,61). The summed E-state index contributed by atoms with van der Waals surface area (Å²) in [5.41, 5.74) is 3.79. The molecular formula is C54H48FN15O7S. The van der Waals surface area contributed by atoms with Gasteiger partial charge in [-0.3, -0.25) is 19.3 Å². The van der Waals surface area contributed by atoms with Crippen LogP contribution >= 0.6 is 11.3 Å². The summed E-state index contributed by atoms with van der Waals surface area (Å²) in [5, 5.41) is 51.1. The predicted molar refractivity (Wildman–Crippen MR) is 282 cm³/mol. The van der Waals surface area contributed by atoms with E-state index in [0.29, 0.717) is 110 Å². The zero-order chi connectivity index (χ0) is 53.4. The maximum absolute atomic E-state index is 14.1. The fraction of sp³-hybridized carbons (Fsp3) is 0.259. The van der Waals surface area contributed by atoms with Gasteiger partial charge < -0.3 is 45.9 Å². The Kier molecular flexibility index (Phi) is 13.1. The second-order valence-electron chi connectivity index (χ2n) is 19.0. The van der Waals surface area contributed by atoms with E-state index in [-0.39, 0.29) is 59.2 Å². The van der Waals surface area contributed by atoms with E-state index in [1.807, 2.05) is 24.4 Å². The van der Waals surface area contributed by atoms with Crippen molar-refractivity contribution in [1.29, 1.82) is 0 Å². The molecule has 0 radical (unpaired) electrons. The number of aryl methyl sites for hydroxylation is 2. The first-order chi connectivity index (χ1) is 38.0. The van der Waals surface area contributed by atoms with Crippen molar-refractivity contribution >= 4 is 62.0 Å². The van der Waals surface area contributed by atoms with E-state index < -0.39 is 17.2 Å². The van der Waals surface area contributed by atoms with E-state index in [1.165, 1.54) is 48.0 Å². The molecule has 0 saturated heterocycles. The zero-order valence-corrected chi connectivity index (χ0v) is 42.3. The van der Waals surface area contributed by atoms with Crippen molar-refractivity contribution in [2.75, 3.05) is 30.3 Å². The number of hydrogen-bond acceptors (Lipinski definition) is 19. The number of pyridine rings is 1. The number of nitrogens with one attached hydrogen (secondary N) is 5. The molecule has 3 aliphatic heterocycles. The largest absolute Gasteiger partial charge is 0.508 e. The van der Waals surface area contributed by atoms with Gasteiger partial charge in [0, 0.05) is 111 Å². The summed E-state index contributed by atoms with van der Waals surface area (Å²) in [6.45, 7) is 2.38. The van der Waals surface area contributed by atoms with Crippen LogP contribution in [0.25, 0.3) is 21.4 Å². The number of fused-ring (bicyclic) bond motifs is 8. The number of imidazole rings is 1. The van der Waals surface area contributed by atoms with Crippen molar-refractivity contribution in [3.63, 3.8) is 0 Å². The van der Waals surface area contributed by atoms with Gasteiger partial charge in [0.1, 0.15) is 51.3 Å². The summed E-state index contributed by atoms with van der Waals surface area (Å²) < 4.78 is 28.0. The minimum absolute atomic E-state index is 0.0587. The third-order valence-corrected chi connectivity index (χ3v) is 14.8. The maximum Gasteiger partial charge on any atom is 0.340 e. The molecular weight excluding hydrogens is 1020 g/mol. The van der Waals surface area contributed by atoms with Gasteiger partial charge in [0.2, 0.25) is 5.91 Å². The molecule has 22 nitrogen and oxygen atoms in total. The number of aromatic nitrogens is 9. The van der Waals surface area contributed by atoms with E-state index >= 15 is 0 Å². The summed E-state index contributed by atoms with van der Waals surface area (Å²) in [7, 11) is 0. The van der Waals surface area contributed by atoms with Crippen molar-refractivity contribution in [2.24, 2.45) is 10.2 Å². The predicted octanol–water partition coefficient (Wildman–Crippen LogP) is 7.39. The molecule has 2 amide bonds. The van der Waals surface area contributed by atoms with Crippen molar-refractivity contribution in [3.05, 3.63) is 160 Å². The number of H-pyrrole nitrogens is 1. The molecule has 0 fully saturated rings. The van der Waals surface area contributed by atoms with Crippen LogP contribution in [0.5, 0.6) is 23.0 Å². The van der Waals surface area contributed by atoms with Crippen LogP contribution in [0.3, 0.4) is 0 Å². The molecule has 4 aromatic carbocycles. The number of esters is 1. The van der Waals surface area contributed by atoms with Gasteiger partial charge in [-0.05, 0) is 85.6 Å². The molecule has 7 N–H and O–H groups in total. The Morgan fingerprint density at radius 2 is 1.67 bits per heavy atom. The van der Waals surface area contributed by atoms with Crippen LogP contribution in [0.15, 0.2) is 114 Å². The lowest BCUT2D eigenvalue weighted by Crippen LogP contribution is -2.33. The number of halogens is 1. The second-order valence-corrected chi connectivity index (χ2v) is 20.1. The fourth-order valence-corrected chi connectivity index (χ4v) is 10.6. The zero-order valence-electron chi connectivity index (χ0n) is 41.5. The molecule has 9 aromatic rings. The Labute approximate surface area is 446 Å². The van der Waals surface area contributed by atoms with E-state index in [0.717, 1.165) is 32.4 Å². The maximum atomic E-state index is 14.1. The minimum Gasteiger partial charge on any atom is -0.508 e. The van der Waals surface area contributed by atoms with Crippen LogP contribution in [-0.4, -0.2) is 98.2 Å². The van der Waals surface area contributed by atoms with Crippen molar-refractivity contribution in [1.82, 2.24) is 55.5 Å². The number of phenols is 2. The van der Waals surface area contributed by atoms with E-state index in [9.17, 15) is 29.0 Å². The first kappa shape index (κ1) is 49.6. The molecule has 8 heterocycles. The lowest BCUT2D eigenvalue weighted by Gasteiger charge is -2.36. The first-order valence-electron chi connectivity index (χ1n) is 25.2. The van der Waals surface area contributed by atoms with Gasteiger partial charge in [0.05, 0.1) is 39.5 Å². The number of carbonyl (C=O) groups excluding carboxylic acids is 3. The Bertz CT molecular complexity index is 3790. The molecule has 5 aromatic heterocycles. The molecule has 78 heavy (non-hydrogen) atoms. The molecule has 0 unspecified atom stereocenters. The first-order valence-corrected chi connectivity index (χ1v) is 26.1. The van der Waals surface area contributed by atoms with Gasteiger partial charge in [0.25, 0.3) is 5.91 Å². The van der Waals surface area contributed by atoms with Crippen molar-refractivity contribution in [3.8, 4) is 23.0 Å². The molecule has 0 atom stereocenters. The number of aromatic hydroxyl groups is 2. The topological polar surface area (TPSA) is 294 Å². The van der Waals surface area contributed by atoms with Gasteiger partial charge in [-0.2, -0.15) is 10.2 Å². The van der Waals surface area contributed by atoms with E-state index in [4.69, 9.17) is 19.4 Å². The highest BCUT2D eigenvalue weighted by Crippen LogP contribution is 2.57. The number of rotatable bonds is 21. The minimum atomic E-state index is -1.49. The number of anilines is 2. The number of thiazole rings is 1. The lowest BCUT2D eigenvalue weighted by atomic mass is 9.77. The summed E-state index contributed by atoms with van der Waals surface area (Å²) in [5.74, 6) is 0.249. The molecule has 12 rings (SSSR count). The van der Waals surface area contributed by atoms with Crippen LogP contribution in [0.1, 0.15) is 85.3 Å². The van der Waals surface area contributed by atoms with Crippen LogP contribution in [-0.2, 0) is 47.5 Å². The summed E-state index contributed by atoms with van der Waals surface area (Å²) in [4.78, 5) is 66.3. The average Bonchev–Trinajstić information content (AvgIpc) is 3.63. The molecule has 0 aliphatic carbocycles. The summed E-state index contributed by atoms with van der Waals surface area (Å²) in [6, 6.07) is 22.3. The Hall–Kier alpha value is -9.29. The molecule has 0 saturated carbocycles. The van der Waals surface area contributed by atoms with Gasteiger partial charge in [0.15, 0.2) is 17.1 Å². The van der Waals surface area contributed by atoms with Crippen LogP contribution in [0.4, 0.5) is 15.9 Å². The average molecular weight is 1070 g/mol. The fourth-order valence-electron chi connectivity index (χ4n) is 9.74. The number of carbonyl (C=O) groups is 3. The summed E-state index contributed by atoms with van der Waals surface area (Å²) >= 11 is 1.49. The van der Waals surface area contributed by atoms with Gasteiger partial charge in [-0.25, -0.2) is 29.1 Å². The SMILES string of the molecule is O=C(CCC1(CCc2cn(CCCNC(=O)c3ccc4c(c3)C3(OC4=O)c4ccc(O)cc4Oc4cc(O)ccc43)nn2)N=N1)Nc1ccc2nc(CCNCCc3nc4c(NCc5ncccc5F)ncnc4s3)[nH]c2c1. The van der Waals surface area contributed by atoms with E-state index in [1.54, 1.807) is 47.3 Å². The van der Waals surface area contributed by atoms with Crippen molar-refractivity contribution in [2.45, 2.75) is 69.3 Å². The molecule has 3 aliphatic rings. The normalized spacial score (nSPS) is 14.2. The highest BCUT2D eigenvalue weighted by atomic mass is 32.1. The number of hydrogen-bond donors (Lipinski definition) is 7. The molecule has 1 spiro atoms. The monoisotopic (exact) mass is 1070 g/mol. The highest BCUT2D eigenvalue weighted by Gasteiger charge is 2.54. The quantitative estimate of drug-likeness (QED) is 0.0273. The number of nitrogens with zero attached hydrogens (tertiary/aromatic N) is 10. The number of benzene rings is 4. The molecule has 24 heteroatoms. The van der Waals surface area contributed by atoms with Crippen LogP contribution in [0.2, 0.25) is 0 Å². The van der Waals surface area contributed by atoms with Crippen LogP contribution < -0.4 is 26.0 Å². The number of phenolic OH excluding ortho intramolecular Hbond substituents is 2. The smallest absolute Gasteiger partial charge is 0.340 e. The van der Waals surface area contributed by atoms with Crippen molar-refractivity contribution < 1.29 is 38.5 Å². The Balaban J connectivity index is 0.567. The molecule has 394 valence electrons. The number of ether oxygens (including phenoxy) is 2. The van der Waals surface area contributed by atoms with E-state index in [2.05, 4.69) is 61.7 Å². The molecule has 0 bridgehead atoms. The lowest BCUT2D eigenvalue weighted by molar-refractivity contribution is -0.116. The third-order valence-electron chi connectivity index (χ3n) is 13.8. The Morgan fingerprint density at radius 1 is 0.846 bits per heavy atom. The van der Waals surface area contributed by atoms with Gasteiger partial charge >= 0.3 is 5.97 Å². The summed E-state index contributed by atoms with van der Waals surface area (Å²) in [6.07, 6.45) is 8.60. The highest BCUT2D eigenvalue weighted by molar-refractivity contribution is 7.18. The van der Waals surface area contributed by atoms with Crippen LogP contribution in [0, 0.1) is 5.82 Å². The number of amides is 2.